The maximum Gasteiger partial charge on any atom is 0.270 e. The number of fused-ring (bicyclic) bond motifs is 1. The maximum absolute atomic E-state index is 12.9. The number of hydrogen-bond acceptors (Lipinski definition) is 6. The minimum atomic E-state index is -0.551. The van der Waals surface area contributed by atoms with Crippen LogP contribution in [-0.2, 0) is 13.1 Å². The molecule has 0 unspecified atom stereocenters. The highest BCUT2D eigenvalue weighted by molar-refractivity contribution is 5.94. The third kappa shape index (κ3) is 4.24. The zero-order valence-electron chi connectivity index (χ0n) is 17.3. The minimum Gasteiger partial charge on any atom is -0.350 e. The van der Waals surface area contributed by atoms with Crippen molar-refractivity contribution < 1.29 is 9.72 Å². The first-order valence-corrected chi connectivity index (χ1v) is 9.92. The molecule has 0 aliphatic heterocycles. The molecule has 1 amide bonds. The number of amides is 1. The van der Waals surface area contributed by atoms with Crippen molar-refractivity contribution in [3.8, 4) is 0 Å². The van der Waals surface area contributed by atoms with Gasteiger partial charge < -0.3 is 5.32 Å². The molecule has 4 aromatic rings. The molecular weight excluding hydrogens is 412 g/mol. The number of hydrogen-bond donors (Lipinski definition) is 1. The van der Waals surface area contributed by atoms with Crippen molar-refractivity contribution in [2.45, 2.75) is 20.0 Å². The summed E-state index contributed by atoms with van der Waals surface area (Å²) in [5.74, 6) is -0.432. The van der Waals surface area contributed by atoms with Gasteiger partial charge in [-0.2, -0.15) is 5.10 Å². The highest BCUT2D eigenvalue weighted by Gasteiger charge is 2.13. The number of nitrogens with one attached hydrogen (secondary N) is 1. The molecule has 0 aliphatic rings. The van der Waals surface area contributed by atoms with Crippen LogP contribution in [0.15, 0.2) is 65.8 Å². The number of aryl methyl sites for hydroxylation is 1. The first-order chi connectivity index (χ1) is 15.4. The minimum absolute atomic E-state index is 0.151. The Morgan fingerprint density at radius 3 is 2.78 bits per heavy atom. The average molecular weight is 432 g/mol. The summed E-state index contributed by atoms with van der Waals surface area (Å²) in [7, 11) is 0. The van der Waals surface area contributed by atoms with E-state index in [1.165, 1.54) is 36.8 Å². The second-order valence-electron chi connectivity index (χ2n) is 7.27. The first kappa shape index (κ1) is 20.9. The molecule has 32 heavy (non-hydrogen) atoms. The fraction of sp³-hybridized carbons (Fsp3) is 0.182. The Morgan fingerprint density at radius 1 is 1.19 bits per heavy atom. The summed E-state index contributed by atoms with van der Waals surface area (Å²) in [5, 5.41) is 18.2. The number of nitro benzene ring substituents is 1. The lowest BCUT2D eigenvalue weighted by Gasteiger charge is -2.09. The molecule has 0 aliphatic carbocycles. The van der Waals surface area contributed by atoms with E-state index in [4.69, 9.17) is 0 Å². The molecular formula is C22H20N6O4. The van der Waals surface area contributed by atoms with Crippen molar-refractivity contribution >= 4 is 22.6 Å². The SMILES string of the molecule is Cc1ccccc1Cn1cnc2c(cnn2CCNC(=O)c2cccc([N+](=O)[O-])c2)c1=O. The molecule has 2 aromatic carbocycles. The van der Waals surface area contributed by atoms with Gasteiger partial charge in [-0.1, -0.05) is 30.3 Å². The molecule has 2 heterocycles. The number of benzene rings is 2. The van der Waals surface area contributed by atoms with Crippen LogP contribution in [0.3, 0.4) is 0 Å². The molecule has 0 saturated carbocycles. The lowest BCUT2D eigenvalue weighted by molar-refractivity contribution is -0.384. The van der Waals surface area contributed by atoms with Gasteiger partial charge in [0.1, 0.15) is 11.7 Å². The molecule has 162 valence electrons. The molecule has 1 N–H and O–H groups in total. The summed E-state index contributed by atoms with van der Waals surface area (Å²) in [6.07, 6.45) is 2.97. The third-order valence-electron chi connectivity index (χ3n) is 5.15. The summed E-state index contributed by atoms with van der Waals surface area (Å²) in [6, 6.07) is 13.3. The van der Waals surface area contributed by atoms with Crippen LogP contribution < -0.4 is 10.9 Å². The quantitative estimate of drug-likeness (QED) is 0.353. The van der Waals surface area contributed by atoms with Crippen molar-refractivity contribution in [2.24, 2.45) is 0 Å². The molecule has 4 rings (SSSR count). The predicted molar refractivity (Wildman–Crippen MR) is 117 cm³/mol. The lowest BCUT2D eigenvalue weighted by Crippen LogP contribution is -2.28. The van der Waals surface area contributed by atoms with Gasteiger partial charge in [0.05, 0.1) is 24.2 Å². The van der Waals surface area contributed by atoms with E-state index in [0.29, 0.717) is 24.1 Å². The Labute approximate surface area is 182 Å². The van der Waals surface area contributed by atoms with Crippen LogP contribution in [0.25, 0.3) is 11.0 Å². The molecule has 0 radical (unpaired) electrons. The zero-order chi connectivity index (χ0) is 22.7. The highest BCUT2D eigenvalue weighted by Crippen LogP contribution is 2.13. The largest absolute Gasteiger partial charge is 0.350 e. The molecule has 0 atom stereocenters. The van der Waals surface area contributed by atoms with E-state index in [0.717, 1.165) is 11.1 Å². The maximum atomic E-state index is 12.9. The van der Waals surface area contributed by atoms with Gasteiger partial charge in [-0.3, -0.25) is 24.3 Å². The number of rotatable bonds is 7. The van der Waals surface area contributed by atoms with Gasteiger partial charge in [-0.15, -0.1) is 0 Å². The van der Waals surface area contributed by atoms with E-state index in [1.54, 1.807) is 9.25 Å². The monoisotopic (exact) mass is 432 g/mol. The molecule has 0 saturated heterocycles. The zero-order valence-corrected chi connectivity index (χ0v) is 17.3. The van der Waals surface area contributed by atoms with Crippen LogP contribution in [-0.4, -0.2) is 36.7 Å². The fourth-order valence-corrected chi connectivity index (χ4v) is 3.38. The van der Waals surface area contributed by atoms with Crippen LogP contribution in [0.4, 0.5) is 5.69 Å². The molecule has 0 bridgehead atoms. The topological polar surface area (TPSA) is 125 Å². The van der Waals surface area contributed by atoms with Crippen molar-refractivity contribution in [2.75, 3.05) is 6.54 Å². The van der Waals surface area contributed by atoms with Gasteiger partial charge in [0.15, 0.2) is 5.65 Å². The molecule has 2 aromatic heterocycles. The van der Waals surface area contributed by atoms with E-state index >= 15 is 0 Å². The second kappa shape index (κ2) is 8.80. The summed E-state index contributed by atoms with van der Waals surface area (Å²) >= 11 is 0. The number of aromatic nitrogens is 4. The van der Waals surface area contributed by atoms with Gasteiger partial charge in [-0.05, 0) is 24.1 Å². The summed E-state index contributed by atoms with van der Waals surface area (Å²) in [4.78, 5) is 39.8. The lowest BCUT2D eigenvalue weighted by atomic mass is 10.1. The molecule has 10 heteroatoms. The Morgan fingerprint density at radius 2 is 2.00 bits per heavy atom. The molecule has 0 spiro atoms. The summed E-state index contributed by atoms with van der Waals surface area (Å²) in [5.41, 5.74) is 2.41. The van der Waals surface area contributed by atoms with E-state index in [9.17, 15) is 19.7 Å². The Kier molecular flexibility index (Phi) is 5.75. The molecule has 0 fully saturated rings. The van der Waals surface area contributed by atoms with Crippen LogP contribution >= 0.6 is 0 Å². The van der Waals surface area contributed by atoms with E-state index < -0.39 is 10.8 Å². The fourth-order valence-electron chi connectivity index (χ4n) is 3.38. The van der Waals surface area contributed by atoms with Crippen molar-refractivity contribution in [3.63, 3.8) is 0 Å². The predicted octanol–water partition coefficient (Wildman–Crippen LogP) is 2.29. The standard InChI is InChI=1S/C22H20N6O4/c1-15-5-2-3-6-17(15)13-26-14-24-20-19(22(26)30)12-25-27(20)10-9-23-21(29)16-7-4-8-18(11-16)28(31)32/h2-8,11-12,14H,9-10,13H2,1H3,(H,23,29). The average Bonchev–Trinajstić information content (AvgIpc) is 3.21. The Balaban J connectivity index is 1.45. The van der Waals surface area contributed by atoms with Crippen LogP contribution in [0.2, 0.25) is 0 Å². The highest BCUT2D eigenvalue weighted by atomic mass is 16.6. The van der Waals surface area contributed by atoms with Crippen molar-refractivity contribution in [1.82, 2.24) is 24.6 Å². The normalized spacial score (nSPS) is 10.9. The Hall–Kier alpha value is -4.34. The number of carbonyl (C=O) groups excluding carboxylic acids is 1. The summed E-state index contributed by atoms with van der Waals surface area (Å²) < 4.78 is 3.09. The van der Waals surface area contributed by atoms with Gasteiger partial charge in [0.2, 0.25) is 0 Å². The smallest absolute Gasteiger partial charge is 0.270 e. The van der Waals surface area contributed by atoms with Gasteiger partial charge in [-0.25, -0.2) is 9.67 Å². The van der Waals surface area contributed by atoms with Crippen molar-refractivity contribution in [3.05, 3.63) is 98.2 Å². The second-order valence-corrected chi connectivity index (χ2v) is 7.27. The number of carbonyl (C=O) groups is 1. The van der Waals surface area contributed by atoms with Crippen LogP contribution in [0, 0.1) is 17.0 Å². The van der Waals surface area contributed by atoms with Gasteiger partial charge >= 0.3 is 0 Å². The van der Waals surface area contributed by atoms with Gasteiger partial charge in [0.25, 0.3) is 17.2 Å². The van der Waals surface area contributed by atoms with Crippen LogP contribution in [0.1, 0.15) is 21.5 Å². The van der Waals surface area contributed by atoms with E-state index in [-0.39, 0.29) is 23.4 Å². The Bertz CT molecular complexity index is 1370. The third-order valence-corrected chi connectivity index (χ3v) is 5.15. The van der Waals surface area contributed by atoms with E-state index in [2.05, 4.69) is 15.4 Å². The van der Waals surface area contributed by atoms with E-state index in [1.807, 2.05) is 31.2 Å². The summed E-state index contributed by atoms with van der Waals surface area (Å²) in [6.45, 7) is 2.91. The first-order valence-electron chi connectivity index (χ1n) is 9.92. The van der Waals surface area contributed by atoms with Crippen molar-refractivity contribution in [1.29, 1.82) is 0 Å². The number of nitrogens with zero attached hydrogens (tertiary/aromatic N) is 5. The number of non-ortho nitro benzene ring substituents is 1. The molecule has 10 nitrogen and oxygen atoms in total. The number of nitro groups is 1. The van der Waals surface area contributed by atoms with Crippen LogP contribution in [0.5, 0.6) is 0 Å². The van der Waals surface area contributed by atoms with Gasteiger partial charge in [0, 0.05) is 24.2 Å².